The van der Waals surface area contributed by atoms with Crippen LogP contribution in [0.2, 0.25) is 0 Å². The lowest BCUT2D eigenvalue weighted by atomic mass is 9.92. The number of anilines is 1. The fourth-order valence-electron chi connectivity index (χ4n) is 3.23. The van der Waals surface area contributed by atoms with Gasteiger partial charge in [0.05, 0.1) is 5.69 Å². The fourth-order valence-corrected chi connectivity index (χ4v) is 3.23. The van der Waals surface area contributed by atoms with E-state index in [2.05, 4.69) is 45.1 Å². The molecular formula is C23H29FN2O2. The summed E-state index contributed by atoms with van der Waals surface area (Å²) in [5.41, 5.74) is 3.56. The molecule has 2 aromatic carbocycles. The molecule has 1 N–H and O–H groups in total. The number of hydrogen-bond donors (Lipinski definition) is 1. The van der Waals surface area contributed by atoms with Crippen LogP contribution in [0.5, 0.6) is 0 Å². The maximum atomic E-state index is 13.0. The standard InChI is InChI=1S/C23H29FN2O2/c1-15(2)20-7-6-8-21(16(3)4)22(20)26(17(5)27)14-13-25-23(28)18-9-11-19(24)12-10-18/h6-12,15-16H,13-14H2,1-5H3,(H,25,28). The summed E-state index contributed by atoms with van der Waals surface area (Å²) >= 11 is 0. The van der Waals surface area contributed by atoms with E-state index in [0.29, 0.717) is 18.7 Å². The summed E-state index contributed by atoms with van der Waals surface area (Å²) in [5, 5.41) is 2.82. The van der Waals surface area contributed by atoms with Crippen LogP contribution in [0.15, 0.2) is 42.5 Å². The van der Waals surface area contributed by atoms with Gasteiger partial charge in [0, 0.05) is 25.6 Å². The third-order valence-corrected chi connectivity index (χ3v) is 4.72. The van der Waals surface area contributed by atoms with Crippen LogP contribution in [0, 0.1) is 5.82 Å². The van der Waals surface area contributed by atoms with Gasteiger partial charge in [0.15, 0.2) is 0 Å². The van der Waals surface area contributed by atoms with Gasteiger partial charge in [-0.1, -0.05) is 45.9 Å². The second-order valence-corrected chi connectivity index (χ2v) is 7.53. The third kappa shape index (κ3) is 5.18. The van der Waals surface area contributed by atoms with E-state index in [9.17, 15) is 14.0 Å². The number of nitrogens with one attached hydrogen (secondary N) is 1. The summed E-state index contributed by atoms with van der Waals surface area (Å²) in [6, 6.07) is 11.5. The number of halogens is 1. The van der Waals surface area contributed by atoms with Gasteiger partial charge in [0.25, 0.3) is 5.91 Å². The monoisotopic (exact) mass is 384 g/mol. The van der Waals surface area contributed by atoms with Crippen molar-refractivity contribution in [2.75, 3.05) is 18.0 Å². The summed E-state index contributed by atoms with van der Waals surface area (Å²) in [6.45, 7) is 10.7. The fraction of sp³-hybridized carbons (Fsp3) is 0.391. The Kier molecular flexibility index (Phi) is 7.32. The Morgan fingerprint density at radius 1 is 0.964 bits per heavy atom. The molecule has 0 spiro atoms. The second-order valence-electron chi connectivity index (χ2n) is 7.53. The lowest BCUT2D eigenvalue weighted by Crippen LogP contribution is -2.38. The number of carbonyl (C=O) groups excluding carboxylic acids is 2. The molecule has 0 saturated heterocycles. The Hall–Kier alpha value is -2.69. The zero-order valence-electron chi connectivity index (χ0n) is 17.3. The molecule has 0 unspecified atom stereocenters. The van der Waals surface area contributed by atoms with E-state index < -0.39 is 0 Å². The summed E-state index contributed by atoms with van der Waals surface area (Å²) in [5.74, 6) is -0.199. The SMILES string of the molecule is CC(=O)N(CCNC(=O)c1ccc(F)cc1)c1c(C(C)C)cccc1C(C)C. The van der Waals surface area contributed by atoms with Crippen molar-refractivity contribution in [3.05, 3.63) is 65.0 Å². The predicted octanol–water partition coefficient (Wildman–Crippen LogP) is 4.86. The topological polar surface area (TPSA) is 49.4 Å². The van der Waals surface area contributed by atoms with Crippen LogP contribution in [0.4, 0.5) is 10.1 Å². The summed E-state index contributed by atoms with van der Waals surface area (Å²) in [6.07, 6.45) is 0. The maximum absolute atomic E-state index is 13.0. The number of hydrogen-bond acceptors (Lipinski definition) is 2. The van der Waals surface area contributed by atoms with Gasteiger partial charge in [-0.3, -0.25) is 9.59 Å². The van der Waals surface area contributed by atoms with E-state index in [1.54, 1.807) is 11.8 Å². The number of nitrogens with zero attached hydrogens (tertiary/aromatic N) is 1. The first-order chi connectivity index (χ1) is 13.2. The van der Waals surface area contributed by atoms with Crippen LogP contribution in [0.1, 0.15) is 67.9 Å². The lowest BCUT2D eigenvalue weighted by molar-refractivity contribution is -0.116. The molecular weight excluding hydrogens is 355 g/mol. The molecule has 5 heteroatoms. The van der Waals surface area contributed by atoms with Crippen LogP contribution in [0.3, 0.4) is 0 Å². The number of rotatable bonds is 7. The van der Waals surface area contributed by atoms with Crippen molar-refractivity contribution in [2.24, 2.45) is 0 Å². The van der Waals surface area contributed by atoms with Crippen molar-refractivity contribution < 1.29 is 14.0 Å². The van der Waals surface area contributed by atoms with E-state index >= 15 is 0 Å². The molecule has 150 valence electrons. The van der Waals surface area contributed by atoms with Crippen molar-refractivity contribution in [1.82, 2.24) is 5.32 Å². The van der Waals surface area contributed by atoms with Gasteiger partial charge in [0.1, 0.15) is 5.82 Å². The summed E-state index contributed by atoms with van der Waals surface area (Å²) in [4.78, 5) is 26.5. The normalized spacial score (nSPS) is 11.0. The van der Waals surface area contributed by atoms with E-state index in [-0.39, 0.29) is 29.5 Å². The van der Waals surface area contributed by atoms with Crippen molar-refractivity contribution in [3.8, 4) is 0 Å². The maximum Gasteiger partial charge on any atom is 0.251 e. The molecule has 2 aromatic rings. The van der Waals surface area contributed by atoms with Crippen LogP contribution in [-0.2, 0) is 4.79 Å². The smallest absolute Gasteiger partial charge is 0.251 e. The molecule has 0 atom stereocenters. The van der Waals surface area contributed by atoms with E-state index in [0.717, 1.165) is 16.8 Å². The summed E-state index contributed by atoms with van der Waals surface area (Å²) < 4.78 is 13.0. The molecule has 0 saturated carbocycles. The predicted molar refractivity (Wildman–Crippen MR) is 111 cm³/mol. The van der Waals surface area contributed by atoms with Crippen LogP contribution in [-0.4, -0.2) is 24.9 Å². The molecule has 2 rings (SSSR count). The minimum Gasteiger partial charge on any atom is -0.350 e. The molecule has 28 heavy (non-hydrogen) atoms. The molecule has 0 heterocycles. The highest BCUT2D eigenvalue weighted by molar-refractivity contribution is 5.95. The molecule has 0 aliphatic rings. The second kappa shape index (κ2) is 9.49. The lowest BCUT2D eigenvalue weighted by Gasteiger charge is -2.29. The molecule has 0 bridgehead atoms. The molecule has 0 aromatic heterocycles. The van der Waals surface area contributed by atoms with Gasteiger partial charge in [-0.05, 0) is 47.2 Å². The Morgan fingerprint density at radius 2 is 1.50 bits per heavy atom. The average molecular weight is 384 g/mol. The van der Waals surface area contributed by atoms with Crippen molar-refractivity contribution in [2.45, 2.75) is 46.5 Å². The number of amides is 2. The van der Waals surface area contributed by atoms with Gasteiger partial charge in [-0.25, -0.2) is 4.39 Å². The van der Waals surface area contributed by atoms with Crippen LogP contribution in [0.25, 0.3) is 0 Å². The van der Waals surface area contributed by atoms with E-state index in [1.165, 1.54) is 24.3 Å². The molecule has 0 aliphatic carbocycles. The Balaban J connectivity index is 2.21. The summed E-state index contributed by atoms with van der Waals surface area (Å²) in [7, 11) is 0. The quantitative estimate of drug-likeness (QED) is 0.741. The first-order valence-electron chi connectivity index (χ1n) is 9.67. The largest absolute Gasteiger partial charge is 0.350 e. The van der Waals surface area contributed by atoms with Gasteiger partial charge in [-0.2, -0.15) is 0 Å². The van der Waals surface area contributed by atoms with Crippen molar-refractivity contribution in [1.29, 1.82) is 0 Å². The highest BCUT2D eigenvalue weighted by Gasteiger charge is 2.22. The molecule has 4 nitrogen and oxygen atoms in total. The number of benzene rings is 2. The van der Waals surface area contributed by atoms with Gasteiger partial charge >= 0.3 is 0 Å². The van der Waals surface area contributed by atoms with Crippen LogP contribution >= 0.6 is 0 Å². The first-order valence-corrected chi connectivity index (χ1v) is 9.67. The molecule has 0 radical (unpaired) electrons. The van der Waals surface area contributed by atoms with Gasteiger partial charge in [0.2, 0.25) is 5.91 Å². The van der Waals surface area contributed by atoms with Gasteiger partial charge < -0.3 is 10.2 Å². The van der Waals surface area contributed by atoms with E-state index in [4.69, 9.17) is 0 Å². The minimum absolute atomic E-state index is 0.0639. The Labute approximate surface area is 166 Å². The third-order valence-electron chi connectivity index (χ3n) is 4.72. The zero-order valence-corrected chi connectivity index (χ0v) is 17.3. The Morgan fingerprint density at radius 3 is 1.96 bits per heavy atom. The molecule has 0 aliphatic heterocycles. The molecule has 2 amide bonds. The average Bonchev–Trinajstić information content (AvgIpc) is 2.64. The van der Waals surface area contributed by atoms with Crippen molar-refractivity contribution in [3.63, 3.8) is 0 Å². The Bertz CT molecular complexity index is 803. The highest BCUT2D eigenvalue weighted by Crippen LogP contribution is 2.35. The number of carbonyl (C=O) groups is 2. The van der Waals surface area contributed by atoms with Crippen LogP contribution < -0.4 is 10.2 Å². The highest BCUT2D eigenvalue weighted by atomic mass is 19.1. The van der Waals surface area contributed by atoms with Crippen molar-refractivity contribution >= 4 is 17.5 Å². The first kappa shape index (κ1) is 21.6. The zero-order chi connectivity index (χ0) is 20.8. The number of para-hydroxylation sites is 1. The van der Waals surface area contributed by atoms with E-state index in [1.807, 2.05) is 6.07 Å². The minimum atomic E-state index is -0.384. The molecule has 0 fully saturated rings. The van der Waals surface area contributed by atoms with Gasteiger partial charge in [-0.15, -0.1) is 0 Å².